The second-order valence-corrected chi connectivity index (χ2v) is 5.11. The molecule has 0 aliphatic rings. The molecule has 1 atom stereocenters. The Bertz CT molecular complexity index is 489. The van der Waals surface area contributed by atoms with Crippen molar-refractivity contribution in [3.8, 4) is 11.5 Å². The van der Waals surface area contributed by atoms with Crippen molar-refractivity contribution in [3.05, 3.63) is 34.9 Å². The topological polar surface area (TPSA) is 35.5 Å². The maximum Gasteiger partial charge on any atom is 0.145 e. The van der Waals surface area contributed by atoms with Gasteiger partial charge in [0.05, 0.1) is 14.2 Å². The summed E-state index contributed by atoms with van der Waals surface area (Å²) in [5, 5.41) is 0. The van der Waals surface area contributed by atoms with Crippen LogP contribution in [0.3, 0.4) is 0 Å². The molecule has 0 saturated carbocycles. The van der Waals surface area contributed by atoms with Crippen molar-refractivity contribution in [2.24, 2.45) is 0 Å². The number of carbonyl (C=O) groups is 1. The number of allylic oxidation sites excluding steroid dienone is 2. The summed E-state index contributed by atoms with van der Waals surface area (Å²) in [4.78, 5) is 10.6. The van der Waals surface area contributed by atoms with Crippen molar-refractivity contribution in [3.63, 3.8) is 0 Å². The predicted octanol–water partition coefficient (Wildman–Crippen LogP) is 4.04. The lowest BCUT2D eigenvalue weighted by Crippen LogP contribution is -2.00. The van der Waals surface area contributed by atoms with Crippen LogP contribution in [-0.2, 0) is 4.79 Å². The first-order chi connectivity index (χ1) is 9.53. The summed E-state index contributed by atoms with van der Waals surface area (Å²) in [6.45, 7) is 6.00. The smallest absolute Gasteiger partial charge is 0.145 e. The van der Waals surface area contributed by atoms with Crippen LogP contribution in [0, 0.1) is 6.92 Å². The summed E-state index contributed by atoms with van der Waals surface area (Å²) in [5.74, 6) is 2.12. The molecule has 20 heavy (non-hydrogen) atoms. The molecule has 0 spiro atoms. The van der Waals surface area contributed by atoms with E-state index in [1.54, 1.807) is 14.2 Å². The molecule has 1 unspecified atom stereocenters. The van der Waals surface area contributed by atoms with Gasteiger partial charge in [-0.1, -0.05) is 13.0 Å². The van der Waals surface area contributed by atoms with Crippen LogP contribution in [0.15, 0.2) is 23.8 Å². The van der Waals surface area contributed by atoms with Crippen LogP contribution in [0.4, 0.5) is 0 Å². The van der Waals surface area contributed by atoms with E-state index in [-0.39, 0.29) is 0 Å². The number of benzene rings is 1. The first-order valence-electron chi connectivity index (χ1n) is 6.88. The second-order valence-electron chi connectivity index (χ2n) is 5.11. The molecule has 3 nitrogen and oxygen atoms in total. The third kappa shape index (κ3) is 4.12. The molecule has 0 aliphatic heterocycles. The van der Waals surface area contributed by atoms with Crippen molar-refractivity contribution in [2.45, 2.75) is 39.5 Å². The minimum Gasteiger partial charge on any atom is -0.496 e. The molecule has 0 aliphatic carbocycles. The summed E-state index contributed by atoms with van der Waals surface area (Å²) in [6, 6.07) is 4.06. The Labute approximate surface area is 121 Å². The number of carbonyl (C=O) groups excluding carboxylic acids is 1. The number of methoxy groups -OCH3 is 2. The molecule has 1 aromatic carbocycles. The molecule has 0 fully saturated rings. The molecule has 0 radical (unpaired) electrons. The van der Waals surface area contributed by atoms with Gasteiger partial charge in [-0.25, -0.2) is 0 Å². The van der Waals surface area contributed by atoms with Gasteiger partial charge >= 0.3 is 0 Å². The number of hydrogen-bond donors (Lipinski definition) is 0. The molecule has 0 saturated heterocycles. The van der Waals surface area contributed by atoms with Gasteiger partial charge in [-0.15, -0.1) is 0 Å². The lowest BCUT2D eigenvalue weighted by molar-refractivity contribution is -0.104. The van der Waals surface area contributed by atoms with Gasteiger partial charge in [-0.3, -0.25) is 4.79 Å². The Morgan fingerprint density at radius 3 is 2.45 bits per heavy atom. The van der Waals surface area contributed by atoms with Gasteiger partial charge in [-0.2, -0.15) is 0 Å². The van der Waals surface area contributed by atoms with E-state index in [0.29, 0.717) is 5.92 Å². The molecular weight excluding hydrogens is 252 g/mol. The average molecular weight is 276 g/mol. The Morgan fingerprint density at radius 1 is 1.25 bits per heavy atom. The zero-order chi connectivity index (χ0) is 15.1. The summed E-state index contributed by atoms with van der Waals surface area (Å²) in [7, 11) is 3.37. The first kappa shape index (κ1) is 16.3. The van der Waals surface area contributed by atoms with Gasteiger partial charge < -0.3 is 9.47 Å². The van der Waals surface area contributed by atoms with E-state index < -0.39 is 0 Å². The highest BCUT2D eigenvalue weighted by Gasteiger charge is 2.14. The summed E-state index contributed by atoms with van der Waals surface area (Å²) < 4.78 is 10.8. The molecule has 110 valence electrons. The average Bonchev–Trinajstić information content (AvgIpc) is 2.46. The van der Waals surface area contributed by atoms with Crippen molar-refractivity contribution >= 4 is 6.29 Å². The molecule has 0 N–H and O–H groups in total. The van der Waals surface area contributed by atoms with Gasteiger partial charge in [-0.05, 0) is 55.9 Å². The second kappa shape index (κ2) is 7.73. The quantitative estimate of drug-likeness (QED) is 0.557. The van der Waals surface area contributed by atoms with Gasteiger partial charge in [0.1, 0.15) is 17.8 Å². The maximum absolute atomic E-state index is 10.6. The van der Waals surface area contributed by atoms with E-state index in [9.17, 15) is 4.79 Å². The molecular formula is C17H24O3. The van der Waals surface area contributed by atoms with Gasteiger partial charge in [0.15, 0.2) is 0 Å². The fourth-order valence-corrected chi connectivity index (χ4v) is 2.22. The molecule has 3 heteroatoms. The highest BCUT2D eigenvalue weighted by Crippen LogP contribution is 2.35. The summed E-state index contributed by atoms with van der Waals surface area (Å²) in [5.41, 5.74) is 3.00. The van der Waals surface area contributed by atoms with E-state index >= 15 is 0 Å². The van der Waals surface area contributed by atoms with Crippen LogP contribution in [0.2, 0.25) is 0 Å². The zero-order valence-corrected chi connectivity index (χ0v) is 13.0. The number of aryl methyl sites for hydroxylation is 1. The van der Waals surface area contributed by atoms with E-state index in [0.717, 1.165) is 47.3 Å². The molecule has 0 heterocycles. The number of hydrogen-bond acceptors (Lipinski definition) is 3. The third-order valence-electron chi connectivity index (χ3n) is 3.53. The molecule has 0 amide bonds. The van der Waals surface area contributed by atoms with Crippen LogP contribution < -0.4 is 9.47 Å². The Hall–Kier alpha value is -1.77. The highest BCUT2D eigenvalue weighted by molar-refractivity contribution is 5.71. The Morgan fingerprint density at radius 2 is 1.90 bits per heavy atom. The number of aldehydes is 1. The monoisotopic (exact) mass is 276 g/mol. The zero-order valence-electron chi connectivity index (χ0n) is 13.0. The highest BCUT2D eigenvalue weighted by atomic mass is 16.5. The first-order valence-corrected chi connectivity index (χ1v) is 6.88. The maximum atomic E-state index is 10.6. The standard InChI is InChI=1S/C17H24O3/c1-12(11-18)7-6-8-13(2)15-10-16(19-4)14(3)9-17(15)20-5/h7,9-11,13H,6,8H2,1-5H3/b12-7+. The minimum absolute atomic E-state index is 0.343. The third-order valence-corrected chi connectivity index (χ3v) is 3.53. The largest absolute Gasteiger partial charge is 0.496 e. The Kier molecular flexibility index (Phi) is 6.29. The van der Waals surface area contributed by atoms with E-state index in [2.05, 4.69) is 13.0 Å². The van der Waals surface area contributed by atoms with E-state index in [4.69, 9.17) is 9.47 Å². The number of rotatable bonds is 7. The predicted molar refractivity (Wildman–Crippen MR) is 81.8 cm³/mol. The molecule has 1 aromatic rings. The van der Waals surface area contributed by atoms with Crippen LogP contribution >= 0.6 is 0 Å². The Balaban J connectivity index is 2.90. The van der Waals surface area contributed by atoms with Crippen LogP contribution in [-0.4, -0.2) is 20.5 Å². The van der Waals surface area contributed by atoms with E-state index in [1.165, 1.54) is 0 Å². The summed E-state index contributed by atoms with van der Waals surface area (Å²) >= 11 is 0. The van der Waals surface area contributed by atoms with Gasteiger partial charge in [0.2, 0.25) is 0 Å². The molecule has 1 rings (SSSR count). The lowest BCUT2D eigenvalue weighted by Gasteiger charge is -2.18. The fraction of sp³-hybridized carbons (Fsp3) is 0.471. The van der Waals surface area contributed by atoms with E-state index in [1.807, 2.05) is 26.0 Å². The molecule has 0 aromatic heterocycles. The van der Waals surface area contributed by atoms with Crippen molar-refractivity contribution in [1.29, 1.82) is 0 Å². The van der Waals surface area contributed by atoms with Crippen LogP contribution in [0.1, 0.15) is 43.7 Å². The SMILES string of the molecule is COc1cc(C(C)CC/C=C(\C)C=O)c(OC)cc1C. The lowest BCUT2D eigenvalue weighted by atomic mass is 9.93. The van der Waals surface area contributed by atoms with Gasteiger partial charge in [0.25, 0.3) is 0 Å². The summed E-state index contributed by atoms with van der Waals surface area (Å²) in [6.07, 6.45) is 4.71. The van der Waals surface area contributed by atoms with Crippen LogP contribution in [0.5, 0.6) is 11.5 Å². The normalized spacial score (nSPS) is 12.9. The number of ether oxygens (including phenoxy) is 2. The van der Waals surface area contributed by atoms with Gasteiger partial charge in [0, 0.05) is 5.56 Å². The van der Waals surface area contributed by atoms with Crippen molar-refractivity contribution in [1.82, 2.24) is 0 Å². The molecule has 0 bridgehead atoms. The minimum atomic E-state index is 0.343. The van der Waals surface area contributed by atoms with Crippen molar-refractivity contribution in [2.75, 3.05) is 14.2 Å². The fourth-order valence-electron chi connectivity index (χ4n) is 2.22. The van der Waals surface area contributed by atoms with Crippen LogP contribution in [0.25, 0.3) is 0 Å². The van der Waals surface area contributed by atoms with Crippen molar-refractivity contribution < 1.29 is 14.3 Å².